The van der Waals surface area contributed by atoms with E-state index in [1.165, 1.54) is 11.8 Å². The number of nitrogens with zero attached hydrogens (tertiary/aromatic N) is 1. The van der Waals surface area contributed by atoms with Crippen LogP contribution in [0.5, 0.6) is 0 Å². The maximum absolute atomic E-state index is 12.3. The zero-order chi connectivity index (χ0) is 18.8. The van der Waals surface area contributed by atoms with Gasteiger partial charge in [-0.3, -0.25) is 0 Å². The average molecular weight is 426 g/mol. The second-order valence-corrected chi connectivity index (χ2v) is 8.78. The summed E-state index contributed by atoms with van der Waals surface area (Å²) in [6.07, 6.45) is -4.70. The molecule has 25 heavy (non-hydrogen) atoms. The SMILES string of the molecule is CC(CN)N(C)S(=O)(=O)c1ccc(S(=O)(=O)NCC(F)(F)F)cc1.Cl. The topological polar surface area (TPSA) is 110 Å². The van der Waals surface area contributed by atoms with E-state index in [9.17, 15) is 30.0 Å². The number of hydrogen-bond donors (Lipinski definition) is 2. The van der Waals surface area contributed by atoms with E-state index in [1.54, 1.807) is 6.92 Å². The average Bonchev–Trinajstić information content (AvgIpc) is 2.51. The minimum atomic E-state index is -4.70. The van der Waals surface area contributed by atoms with Crippen LogP contribution >= 0.6 is 12.4 Å². The molecular formula is C12H19ClF3N3O4S2. The van der Waals surface area contributed by atoms with E-state index in [0.717, 1.165) is 28.6 Å². The van der Waals surface area contributed by atoms with Gasteiger partial charge in [0, 0.05) is 19.6 Å². The van der Waals surface area contributed by atoms with Crippen LogP contribution in [0.2, 0.25) is 0 Å². The van der Waals surface area contributed by atoms with E-state index >= 15 is 0 Å². The zero-order valence-electron chi connectivity index (χ0n) is 13.3. The highest BCUT2D eigenvalue weighted by Crippen LogP contribution is 2.20. The lowest BCUT2D eigenvalue weighted by molar-refractivity contribution is -0.121. The number of sulfonamides is 2. The van der Waals surface area contributed by atoms with Crippen molar-refractivity contribution >= 4 is 32.5 Å². The molecule has 1 rings (SSSR count). The molecule has 0 aliphatic carbocycles. The molecule has 0 spiro atoms. The number of nitrogens with one attached hydrogen (secondary N) is 1. The van der Waals surface area contributed by atoms with Gasteiger partial charge in [0.1, 0.15) is 6.54 Å². The van der Waals surface area contributed by atoms with Crippen LogP contribution in [0.15, 0.2) is 34.1 Å². The Hall–Kier alpha value is -0.920. The number of benzene rings is 1. The molecule has 7 nitrogen and oxygen atoms in total. The lowest BCUT2D eigenvalue weighted by atomic mass is 10.4. The summed E-state index contributed by atoms with van der Waals surface area (Å²) in [7, 11) is -6.96. The van der Waals surface area contributed by atoms with Crippen LogP contribution in [0, 0.1) is 0 Å². The Balaban J connectivity index is 0.00000576. The van der Waals surface area contributed by atoms with Crippen molar-refractivity contribution in [3.05, 3.63) is 24.3 Å². The third-order valence-corrected chi connectivity index (χ3v) is 6.64. The highest BCUT2D eigenvalue weighted by atomic mass is 35.5. The second-order valence-electron chi connectivity index (χ2n) is 5.02. The highest BCUT2D eigenvalue weighted by molar-refractivity contribution is 7.89. The van der Waals surface area contributed by atoms with Gasteiger partial charge in [0.25, 0.3) is 0 Å². The normalized spacial score (nSPS) is 14.2. The van der Waals surface area contributed by atoms with Crippen LogP contribution in [0.1, 0.15) is 6.92 Å². The van der Waals surface area contributed by atoms with Gasteiger partial charge < -0.3 is 5.73 Å². The van der Waals surface area contributed by atoms with Crippen LogP contribution in [0.25, 0.3) is 0 Å². The summed E-state index contributed by atoms with van der Waals surface area (Å²) in [6, 6.07) is 3.39. The number of nitrogens with two attached hydrogens (primary N) is 1. The van der Waals surface area contributed by atoms with Crippen LogP contribution in [0.3, 0.4) is 0 Å². The highest BCUT2D eigenvalue weighted by Gasteiger charge is 2.30. The molecule has 0 aliphatic rings. The van der Waals surface area contributed by atoms with Crippen molar-refractivity contribution in [3.63, 3.8) is 0 Å². The quantitative estimate of drug-likeness (QED) is 0.675. The maximum atomic E-state index is 12.3. The maximum Gasteiger partial charge on any atom is 0.402 e. The molecule has 0 bridgehead atoms. The number of hydrogen-bond acceptors (Lipinski definition) is 5. The molecule has 0 saturated carbocycles. The van der Waals surface area contributed by atoms with E-state index in [1.807, 2.05) is 0 Å². The van der Waals surface area contributed by atoms with Crippen molar-refractivity contribution in [1.82, 2.24) is 9.03 Å². The van der Waals surface area contributed by atoms with Gasteiger partial charge in [-0.05, 0) is 31.2 Å². The fourth-order valence-electron chi connectivity index (χ4n) is 1.60. The van der Waals surface area contributed by atoms with Crippen molar-refractivity contribution in [1.29, 1.82) is 0 Å². The molecular weight excluding hydrogens is 407 g/mol. The summed E-state index contributed by atoms with van der Waals surface area (Å²) in [5, 5.41) is 0. The summed E-state index contributed by atoms with van der Waals surface area (Å²) in [6.45, 7) is -0.0346. The van der Waals surface area contributed by atoms with E-state index in [4.69, 9.17) is 5.73 Å². The van der Waals surface area contributed by atoms with Gasteiger partial charge in [0.15, 0.2) is 0 Å². The smallest absolute Gasteiger partial charge is 0.329 e. The minimum Gasteiger partial charge on any atom is -0.329 e. The Morgan fingerprint density at radius 3 is 1.96 bits per heavy atom. The van der Waals surface area contributed by atoms with Crippen molar-refractivity contribution in [3.8, 4) is 0 Å². The predicted octanol–water partition coefficient (Wildman–Crippen LogP) is 0.917. The Bertz CT molecular complexity index is 768. The second kappa shape index (κ2) is 8.64. The summed E-state index contributed by atoms with van der Waals surface area (Å²) >= 11 is 0. The first-order valence-electron chi connectivity index (χ1n) is 6.66. The zero-order valence-corrected chi connectivity index (χ0v) is 15.8. The first-order valence-corrected chi connectivity index (χ1v) is 9.58. The Morgan fingerprint density at radius 2 is 1.56 bits per heavy atom. The Morgan fingerprint density at radius 1 is 1.12 bits per heavy atom. The van der Waals surface area contributed by atoms with Crippen LogP contribution in [-0.2, 0) is 20.0 Å². The fraction of sp³-hybridized carbons (Fsp3) is 0.500. The molecule has 0 heterocycles. The van der Waals surface area contributed by atoms with Crippen LogP contribution in [-0.4, -0.2) is 53.5 Å². The third-order valence-electron chi connectivity index (χ3n) is 3.24. The Kier molecular flexibility index (Phi) is 8.33. The molecule has 3 N–H and O–H groups in total. The van der Waals surface area contributed by atoms with Gasteiger partial charge in [-0.15, -0.1) is 12.4 Å². The van der Waals surface area contributed by atoms with Crippen molar-refractivity contribution < 1.29 is 30.0 Å². The van der Waals surface area contributed by atoms with Gasteiger partial charge in [0.05, 0.1) is 9.79 Å². The van der Waals surface area contributed by atoms with Crippen LogP contribution in [0.4, 0.5) is 13.2 Å². The molecule has 1 atom stereocenters. The number of rotatable bonds is 7. The number of likely N-dealkylation sites (N-methyl/N-ethyl adjacent to an activating group) is 1. The van der Waals surface area contributed by atoms with Gasteiger partial charge in [-0.2, -0.15) is 17.5 Å². The number of alkyl halides is 3. The van der Waals surface area contributed by atoms with E-state index in [2.05, 4.69) is 0 Å². The lowest BCUT2D eigenvalue weighted by Gasteiger charge is -2.23. The summed E-state index contributed by atoms with van der Waals surface area (Å²) in [5.41, 5.74) is 5.41. The first-order chi connectivity index (χ1) is 10.8. The molecule has 1 unspecified atom stereocenters. The lowest BCUT2D eigenvalue weighted by Crippen LogP contribution is -2.39. The minimum absolute atomic E-state index is 0. The first kappa shape index (κ1) is 24.1. The molecule has 1 aromatic carbocycles. The largest absolute Gasteiger partial charge is 0.402 e. The number of halogens is 4. The molecule has 0 aromatic heterocycles. The summed E-state index contributed by atoms with van der Waals surface area (Å²) < 4.78 is 86.8. The van der Waals surface area contributed by atoms with E-state index in [0.29, 0.717) is 0 Å². The van der Waals surface area contributed by atoms with Crippen molar-refractivity contribution in [2.24, 2.45) is 5.73 Å². The van der Waals surface area contributed by atoms with E-state index in [-0.39, 0.29) is 23.8 Å². The fourth-order valence-corrected chi connectivity index (χ4v) is 3.99. The Labute approximate surface area is 150 Å². The van der Waals surface area contributed by atoms with Crippen molar-refractivity contribution in [2.45, 2.75) is 28.9 Å². The molecule has 0 fully saturated rings. The predicted molar refractivity (Wildman–Crippen MR) is 88.4 cm³/mol. The molecule has 0 amide bonds. The molecule has 146 valence electrons. The van der Waals surface area contributed by atoms with Gasteiger partial charge in [0.2, 0.25) is 20.0 Å². The summed E-state index contributed by atoms with van der Waals surface area (Å²) in [4.78, 5) is -0.666. The van der Waals surface area contributed by atoms with Crippen molar-refractivity contribution in [2.75, 3.05) is 20.1 Å². The summed E-state index contributed by atoms with van der Waals surface area (Å²) in [5.74, 6) is 0. The molecule has 1 aromatic rings. The van der Waals surface area contributed by atoms with Crippen LogP contribution < -0.4 is 10.5 Å². The molecule has 0 radical (unpaired) electrons. The molecule has 0 saturated heterocycles. The monoisotopic (exact) mass is 425 g/mol. The van der Waals surface area contributed by atoms with E-state index < -0.39 is 43.7 Å². The van der Waals surface area contributed by atoms with Gasteiger partial charge in [-0.25, -0.2) is 21.6 Å². The van der Waals surface area contributed by atoms with Gasteiger partial charge in [-0.1, -0.05) is 0 Å². The van der Waals surface area contributed by atoms with Gasteiger partial charge >= 0.3 is 6.18 Å². The standard InChI is InChI=1S/C12H18F3N3O4S2.ClH/c1-9(7-16)18(2)24(21,22)11-5-3-10(4-6-11)23(19,20)17-8-12(13,14)15;/h3-6,9,17H,7-8,16H2,1-2H3;1H. The molecule has 0 aliphatic heterocycles. The molecule has 13 heteroatoms. The third kappa shape index (κ3) is 6.38.